The van der Waals surface area contributed by atoms with E-state index in [-0.39, 0.29) is 0 Å². The van der Waals surface area contributed by atoms with Crippen LogP contribution >= 0.6 is 15.9 Å². The Kier molecular flexibility index (Phi) is 4.00. The Morgan fingerprint density at radius 1 is 1.06 bits per heavy atom. The summed E-state index contributed by atoms with van der Waals surface area (Å²) < 4.78 is 0. The van der Waals surface area contributed by atoms with Crippen LogP contribution in [0.1, 0.15) is 25.3 Å². The summed E-state index contributed by atoms with van der Waals surface area (Å²) in [6.07, 6.45) is 3.58. The standard InChI is InChI=1S/C15H17Br/c1-2-15(16)10-8-12-7-9-13-5-3-4-6-14(13)11-12/h3-7,9,11,15H,2,8,10H2,1H3. The highest BCUT2D eigenvalue weighted by Crippen LogP contribution is 2.19. The normalized spacial score (nSPS) is 12.9. The van der Waals surface area contributed by atoms with Crippen molar-refractivity contribution >= 4 is 26.7 Å². The fraction of sp³-hybridized carbons (Fsp3) is 0.333. The summed E-state index contributed by atoms with van der Waals surface area (Å²) in [5.41, 5.74) is 1.44. The molecule has 0 spiro atoms. The first-order chi connectivity index (χ1) is 7.79. The van der Waals surface area contributed by atoms with Gasteiger partial charge in [0.05, 0.1) is 0 Å². The van der Waals surface area contributed by atoms with E-state index in [2.05, 4.69) is 65.3 Å². The molecular weight excluding hydrogens is 260 g/mol. The Hall–Kier alpha value is -0.820. The number of halogens is 1. The van der Waals surface area contributed by atoms with Gasteiger partial charge >= 0.3 is 0 Å². The fourth-order valence-corrected chi connectivity index (χ4v) is 2.15. The molecule has 1 atom stereocenters. The van der Waals surface area contributed by atoms with Crippen LogP contribution in [0, 0.1) is 0 Å². The van der Waals surface area contributed by atoms with E-state index in [0.717, 1.165) is 6.42 Å². The number of aryl methyl sites for hydroxylation is 1. The Labute approximate surface area is 106 Å². The molecule has 0 bridgehead atoms. The number of fused-ring (bicyclic) bond motifs is 1. The van der Waals surface area contributed by atoms with Crippen molar-refractivity contribution < 1.29 is 0 Å². The zero-order chi connectivity index (χ0) is 11.4. The number of benzene rings is 2. The van der Waals surface area contributed by atoms with Gasteiger partial charge in [-0.2, -0.15) is 0 Å². The minimum Gasteiger partial charge on any atom is -0.0891 e. The minimum atomic E-state index is 0.652. The number of hydrogen-bond donors (Lipinski definition) is 0. The van der Waals surface area contributed by atoms with Gasteiger partial charge in [-0.1, -0.05) is 65.3 Å². The van der Waals surface area contributed by atoms with Gasteiger partial charge in [0.25, 0.3) is 0 Å². The van der Waals surface area contributed by atoms with Crippen LogP contribution in [0.15, 0.2) is 42.5 Å². The van der Waals surface area contributed by atoms with Crippen LogP contribution in [0.5, 0.6) is 0 Å². The van der Waals surface area contributed by atoms with Gasteiger partial charge in [0, 0.05) is 4.83 Å². The molecule has 0 saturated carbocycles. The lowest BCUT2D eigenvalue weighted by molar-refractivity contribution is 0.747. The van der Waals surface area contributed by atoms with Crippen LogP contribution in [0.25, 0.3) is 10.8 Å². The molecule has 1 unspecified atom stereocenters. The second kappa shape index (κ2) is 5.49. The Balaban J connectivity index is 2.13. The van der Waals surface area contributed by atoms with Gasteiger partial charge in [-0.25, -0.2) is 0 Å². The third-order valence-corrected chi connectivity index (χ3v) is 4.11. The van der Waals surface area contributed by atoms with E-state index in [1.165, 1.54) is 29.2 Å². The molecule has 0 heterocycles. The Bertz CT molecular complexity index is 462. The lowest BCUT2D eigenvalue weighted by Gasteiger charge is -2.07. The minimum absolute atomic E-state index is 0.652. The zero-order valence-corrected chi connectivity index (χ0v) is 11.2. The largest absolute Gasteiger partial charge is 0.0891 e. The smallest absolute Gasteiger partial charge is 0.0146 e. The number of alkyl halides is 1. The molecule has 0 aliphatic rings. The van der Waals surface area contributed by atoms with Gasteiger partial charge in [-0.05, 0) is 35.6 Å². The van der Waals surface area contributed by atoms with E-state index < -0.39 is 0 Å². The second-order valence-electron chi connectivity index (χ2n) is 4.23. The van der Waals surface area contributed by atoms with E-state index >= 15 is 0 Å². The van der Waals surface area contributed by atoms with Crippen molar-refractivity contribution in [3.63, 3.8) is 0 Å². The molecule has 1 heteroatoms. The molecule has 0 N–H and O–H groups in total. The van der Waals surface area contributed by atoms with Crippen LogP contribution in [-0.2, 0) is 6.42 Å². The first-order valence-electron chi connectivity index (χ1n) is 5.91. The van der Waals surface area contributed by atoms with Gasteiger partial charge in [0.2, 0.25) is 0 Å². The van der Waals surface area contributed by atoms with Crippen LogP contribution in [0.3, 0.4) is 0 Å². The molecule has 0 amide bonds. The molecule has 84 valence electrons. The van der Waals surface area contributed by atoms with Crippen molar-refractivity contribution in [3.05, 3.63) is 48.0 Å². The van der Waals surface area contributed by atoms with Crippen molar-refractivity contribution in [1.82, 2.24) is 0 Å². The van der Waals surface area contributed by atoms with Gasteiger partial charge in [0.15, 0.2) is 0 Å². The molecule has 0 saturated heterocycles. The van der Waals surface area contributed by atoms with Crippen LogP contribution in [0.2, 0.25) is 0 Å². The maximum absolute atomic E-state index is 3.68. The molecule has 0 radical (unpaired) electrons. The average molecular weight is 277 g/mol. The van der Waals surface area contributed by atoms with E-state index in [4.69, 9.17) is 0 Å². The van der Waals surface area contributed by atoms with Gasteiger partial charge < -0.3 is 0 Å². The predicted octanol–water partition coefficient (Wildman–Crippen LogP) is 4.95. The van der Waals surface area contributed by atoms with E-state index in [1.807, 2.05) is 0 Å². The highest BCUT2D eigenvalue weighted by atomic mass is 79.9. The number of rotatable bonds is 4. The first kappa shape index (κ1) is 11.7. The van der Waals surface area contributed by atoms with Crippen LogP contribution in [0.4, 0.5) is 0 Å². The van der Waals surface area contributed by atoms with Crippen LogP contribution < -0.4 is 0 Å². The van der Waals surface area contributed by atoms with E-state index in [0.29, 0.717) is 4.83 Å². The van der Waals surface area contributed by atoms with Gasteiger partial charge in [-0.3, -0.25) is 0 Å². The zero-order valence-electron chi connectivity index (χ0n) is 9.62. The molecule has 0 aliphatic carbocycles. The topological polar surface area (TPSA) is 0 Å². The van der Waals surface area contributed by atoms with Crippen LogP contribution in [-0.4, -0.2) is 4.83 Å². The molecule has 2 aromatic carbocycles. The third-order valence-electron chi connectivity index (χ3n) is 3.00. The highest BCUT2D eigenvalue weighted by molar-refractivity contribution is 9.09. The van der Waals surface area contributed by atoms with E-state index in [9.17, 15) is 0 Å². The third kappa shape index (κ3) is 2.85. The van der Waals surface area contributed by atoms with Gasteiger partial charge in [-0.15, -0.1) is 0 Å². The van der Waals surface area contributed by atoms with Crippen molar-refractivity contribution in [3.8, 4) is 0 Å². The van der Waals surface area contributed by atoms with Crippen molar-refractivity contribution in [2.45, 2.75) is 31.0 Å². The summed E-state index contributed by atoms with van der Waals surface area (Å²) in [7, 11) is 0. The lowest BCUT2D eigenvalue weighted by atomic mass is 10.0. The summed E-state index contributed by atoms with van der Waals surface area (Å²) in [6, 6.07) is 15.3. The molecule has 0 nitrogen and oxygen atoms in total. The summed E-state index contributed by atoms with van der Waals surface area (Å²) in [5, 5.41) is 2.68. The summed E-state index contributed by atoms with van der Waals surface area (Å²) in [6.45, 7) is 2.22. The molecule has 0 aliphatic heterocycles. The summed E-state index contributed by atoms with van der Waals surface area (Å²) in [5.74, 6) is 0. The highest BCUT2D eigenvalue weighted by Gasteiger charge is 2.02. The molecule has 2 aromatic rings. The molecule has 0 aromatic heterocycles. The maximum Gasteiger partial charge on any atom is 0.0146 e. The predicted molar refractivity (Wildman–Crippen MR) is 75.3 cm³/mol. The molecular formula is C15H17Br. The monoisotopic (exact) mass is 276 g/mol. The van der Waals surface area contributed by atoms with Crippen molar-refractivity contribution in [2.75, 3.05) is 0 Å². The lowest BCUT2D eigenvalue weighted by Crippen LogP contribution is -1.97. The van der Waals surface area contributed by atoms with E-state index in [1.54, 1.807) is 0 Å². The molecule has 16 heavy (non-hydrogen) atoms. The fourth-order valence-electron chi connectivity index (χ4n) is 1.92. The molecule has 2 rings (SSSR count). The number of hydrogen-bond acceptors (Lipinski definition) is 0. The van der Waals surface area contributed by atoms with Gasteiger partial charge in [0.1, 0.15) is 0 Å². The summed E-state index contributed by atoms with van der Waals surface area (Å²) >= 11 is 3.68. The van der Waals surface area contributed by atoms with Crippen molar-refractivity contribution in [1.29, 1.82) is 0 Å². The summed E-state index contributed by atoms with van der Waals surface area (Å²) in [4.78, 5) is 0.652. The van der Waals surface area contributed by atoms with Crippen molar-refractivity contribution in [2.24, 2.45) is 0 Å². The Morgan fingerprint density at radius 2 is 1.81 bits per heavy atom. The first-order valence-corrected chi connectivity index (χ1v) is 6.83. The maximum atomic E-state index is 3.68. The second-order valence-corrected chi connectivity index (χ2v) is 5.52. The Morgan fingerprint density at radius 3 is 2.56 bits per heavy atom. The SMILES string of the molecule is CCC(Br)CCc1ccc2ccccc2c1. The molecule has 0 fully saturated rings. The quantitative estimate of drug-likeness (QED) is 0.694. The average Bonchev–Trinajstić information content (AvgIpc) is 2.35.